The van der Waals surface area contributed by atoms with Crippen LogP contribution in [0.3, 0.4) is 0 Å². The fraction of sp³-hybridized carbons (Fsp3) is 0.152. The summed E-state index contributed by atoms with van der Waals surface area (Å²) in [5, 5.41) is 2.51. The number of para-hydroxylation sites is 2. The maximum absolute atomic E-state index is 13.8. The van der Waals surface area contributed by atoms with Crippen LogP contribution >= 0.6 is 0 Å². The molecule has 2 N–H and O–H groups in total. The van der Waals surface area contributed by atoms with E-state index in [1.54, 1.807) is 60.7 Å². The molecule has 3 aromatic carbocycles. The zero-order chi connectivity index (χ0) is 34.5. The summed E-state index contributed by atoms with van der Waals surface area (Å²) in [5.74, 6) is 1.84. The number of carbonyl (C=O) groups is 1. The molecule has 256 valence electrons. The van der Waals surface area contributed by atoms with Crippen LogP contribution in [0, 0.1) is 0 Å². The standard InChI is InChI=1S/C33H27N5O11S/c1-42-22-6-2-3-7-25(22)49-29-31(38-50(40,41)21-10-12-24-27(17-21)48-19-46-24)36-30(20-9-11-23-26(16-20)47-18-45-23)37-32(29)43-14-15-44-33(39)35-28-8-4-5-13-34-28/h2-13,16-17H,14-15,18-19H2,1H3,(H,34,35,39)(H,36,37,38). The monoisotopic (exact) mass is 701 g/mol. The minimum atomic E-state index is -4.33. The van der Waals surface area contributed by atoms with Gasteiger partial charge in [-0.1, -0.05) is 18.2 Å². The Morgan fingerprint density at radius 1 is 0.820 bits per heavy atom. The number of carbonyl (C=O) groups excluding carboxylic acids is 1. The van der Waals surface area contributed by atoms with Gasteiger partial charge in [-0.3, -0.25) is 10.0 Å². The van der Waals surface area contributed by atoms with Crippen molar-refractivity contribution in [1.82, 2.24) is 15.0 Å². The highest BCUT2D eigenvalue weighted by Gasteiger charge is 2.27. The topological polar surface area (TPSA) is 188 Å². The third-order valence-electron chi connectivity index (χ3n) is 7.08. The molecule has 2 aliphatic rings. The quantitative estimate of drug-likeness (QED) is 0.161. The number of rotatable bonds is 12. The highest BCUT2D eigenvalue weighted by molar-refractivity contribution is 7.92. The number of fused-ring (bicyclic) bond motifs is 2. The molecule has 2 aromatic heterocycles. The minimum Gasteiger partial charge on any atom is -0.493 e. The van der Waals surface area contributed by atoms with Crippen molar-refractivity contribution in [2.45, 2.75) is 4.90 Å². The second-order valence-corrected chi connectivity index (χ2v) is 12.0. The molecule has 1 amide bonds. The van der Waals surface area contributed by atoms with Crippen LogP contribution in [0.25, 0.3) is 11.4 Å². The summed E-state index contributed by atoms with van der Waals surface area (Å²) in [5.41, 5.74) is 0.442. The van der Waals surface area contributed by atoms with E-state index in [0.29, 0.717) is 34.4 Å². The second-order valence-electron chi connectivity index (χ2n) is 10.3. The smallest absolute Gasteiger partial charge is 0.412 e. The SMILES string of the molecule is COc1ccccc1Oc1c(NS(=O)(=O)c2ccc3c(c2)OCO3)nc(-c2ccc3c(c2)OCO3)nc1OCCOC(=O)Nc1ccccn1. The molecular weight excluding hydrogens is 674 g/mol. The number of anilines is 2. The number of pyridine rings is 1. The Morgan fingerprint density at radius 3 is 2.30 bits per heavy atom. The summed E-state index contributed by atoms with van der Waals surface area (Å²) in [7, 11) is -2.87. The molecule has 0 atom stereocenters. The predicted octanol–water partition coefficient (Wildman–Crippen LogP) is 5.23. The van der Waals surface area contributed by atoms with E-state index in [9.17, 15) is 13.2 Å². The third-order valence-corrected chi connectivity index (χ3v) is 8.42. The summed E-state index contributed by atoms with van der Waals surface area (Å²) >= 11 is 0. The number of methoxy groups -OCH3 is 1. The van der Waals surface area contributed by atoms with Gasteiger partial charge in [-0.25, -0.2) is 23.2 Å². The molecule has 2 aliphatic heterocycles. The first-order valence-corrected chi connectivity index (χ1v) is 16.4. The minimum absolute atomic E-state index is 0.0359. The van der Waals surface area contributed by atoms with Crippen molar-refractivity contribution in [3.63, 3.8) is 0 Å². The number of sulfonamides is 1. The molecule has 0 unspecified atom stereocenters. The fourth-order valence-electron chi connectivity index (χ4n) is 4.75. The van der Waals surface area contributed by atoms with Gasteiger partial charge in [-0.05, 0) is 54.6 Å². The predicted molar refractivity (Wildman–Crippen MR) is 175 cm³/mol. The van der Waals surface area contributed by atoms with Crippen molar-refractivity contribution >= 4 is 27.8 Å². The van der Waals surface area contributed by atoms with Gasteiger partial charge < -0.3 is 37.9 Å². The van der Waals surface area contributed by atoms with Crippen molar-refractivity contribution in [1.29, 1.82) is 0 Å². The Balaban J connectivity index is 1.25. The highest BCUT2D eigenvalue weighted by atomic mass is 32.2. The molecule has 0 saturated heterocycles. The van der Waals surface area contributed by atoms with Gasteiger partial charge in [0.15, 0.2) is 46.1 Å². The van der Waals surface area contributed by atoms with Crippen LogP contribution in [0.15, 0.2) is 90.0 Å². The summed E-state index contributed by atoms with van der Waals surface area (Å²) in [6, 6.07) is 20.9. The summed E-state index contributed by atoms with van der Waals surface area (Å²) in [6.45, 7) is -0.449. The number of amides is 1. The van der Waals surface area contributed by atoms with Crippen molar-refractivity contribution in [3.8, 4) is 57.5 Å². The van der Waals surface area contributed by atoms with E-state index in [4.69, 9.17) is 37.9 Å². The van der Waals surface area contributed by atoms with Gasteiger partial charge in [0.1, 0.15) is 19.0 Å². The molecule has 16 nitrogen and oxygen atoms in total. The number of benzene rings is 3. The molecule has 0 spiro atoms. The molecule has 50 heavy (non-hydrogen) atoms. The highest BCUT2D eigenvalue weighted by Crippen LogP contribution is 2.43. The van der Waals surface area contributed by atoms with E-state index >= 15 is 0 Å². The first-order chi connectivity index (χ1) is 24.4. The lowest BCUT2D eigenvalue weighted by molar-refractivity contribution is 0.135. The van der Waals surface area contributed by atoms with Crippen LogP contribution in [0.5, 0.6) is 46.1 Å². The number of hydrogen-bond acceptors (Lipinski definition) is 14. The Hall–Kier alpha value is -6.49. The molecule has 4 heterocycles. The van der Waals surface area contributed by atoms with Crippen LogP contribution in [-0.4, -0.2) is 63.4 Å². The zero-order valence-corrected chi connectivity index (χ0v) is 27.0. The van der Waals surface area contributed by atoms with Gasteiger partial charge in [-0.15, -0.1) is 0 Å². The number of nitrogens with one attached hydrogen (secondary N) is 2. The van der Waals surface area contributed by atoms with E-state index in [-0.39, 0.29) is 66.5 Å². The van der Waals surface area contributed by atoms with Crippen molar-refractivity contribution in [2.75, 3.05) is 43.9 Å². The van der Waals surface area contributed by atoms with Crippen molar-refractivity contribution < 1.29 is 51.1 Å². The lowest BCUT2D eigenvalue weighted by Crippen LogP contribution is -2.19. The summed E-state index contributed by atoms with van der Waals surface area (Å²) in [4.78, 5) is 25.4. The van der Waals surface area contributed by atoms with Gasteiger partial charge >= 0.3 is 6.09 Å². The van der Waals surface area contributed by atoms with E-state index < -0.39 is 16.1 Å². The average Bonchev–Trinajstić information content (AvgIpc) is 3.81. The molecule has 0 radical (unpaired) electrons. The van der Waals surface area contributed by atoms with E-state index in [1.165, 1.54) is 31.5 Å². The first-order valence-electron chi connectivity index (χ1n) is 14.9. The number of aromatic nitrogens is 3. The lowest BCUT2D eigenvalue weighted by atomic mass is 10.2. The number of nitrogens with zero attached hydrogens (tertiary/aromatic N) is 3. The number of hydrogen-bond donors (Lipinski definition) is 2. The van der Waals surface area contributed by atoms with E-state index in [0.717, 1.165) is 0 Å². The Labute approximate surface area is 284 Å². The molecule has 17 heteroatoms. The summed E-state index contributed by atoms with van der Waals surface area (Å²) < 4.78 is 74.8. The molecule has 0 fully saturated rings. The number of ether oxygens (including phenoxy) is 8. The Morgan fingerprint density at radius 2 is 1.54 bits per heavy atom. The van der Waals surface area contributed by atoms with Gasteiger partial charge in [-0.2, -0.15) is 4.98 Å². The first kappa shape index (κ1) is 32.1. The Bertz CT molecular complexity index is 2150. The van der Waals surface area contributed by atoms with Gasteiger partial charge in [0.25, 0.3) is 15.9 Å². The molecule has 0 aliphatic carbocycles. The van der Waals surface area contributed by atoms with Crippen LogP contribution in [0.1, 0.15) is 0 Å². The largest absolute Gasteiger partial charge is 0.493 e. The van der Waals surface area contributed by atoms with Crippen LogP contribution < -0.4 is 43.2 Å². The van der Waals surface area contributed by atoms with Crippen molar-refractivity contribution in [2.24, 2.45) is 0 Å². The second kappa shape index (κ2) is 13.9. The average molecular weight is 702 g/mol. The normalized spacial score (nSPS) is 12.6. The molecule has 0 bridgehead atoms. The van der Waals surface area contributed by atoms with Gasteiger partial charge in [0, 0.05) is 17.8 Å². The lowest BCUT2D eigenvalue weighted by Gasteiger charge is -2.18. The fourth-order valence-corrected chi connectivity index (χ4v) is 5.77. The van der Waals surface area contributed by atoms with E-state index in [1.807, 2.05) is 0 Å². The van der Waals surface area contributed by atoms with Crippen LogP contribution in [0.4, 0.5) is 16.4 Å². The molecule has 5 aromatic rings. The maximum atomic E-state index is 13.8. The Kier molecular flexibility index (Phi) is 8.94. The van der Waals surface area contributed by atoms with Crippen LogP contribution in [-0.2, 0) is 14.8 Å². The van der Waals surface area contributed by atoms with Gasteiger partial charge in [0.2, 0.25) is 19.3 Å². The van der Waals surface area contributed by atoms with Crippen LogP contribution in [0.2, 0.25) is 0 Å². The van der Waals surface area contributed by atoms with E-state index in [2.05, 4.69) is 25.0 Å². The third kappa shape index (κ3) is 7.02. The molecule has 0 saturated carbocycles. The van der Waals surface area contributed by atoms with Crippen molar-refractivity contribution in [3.05, 3.63) is 85.1 Å². The summed E-state index contributed by atoms with van der Waals surface area (Å²) in [6.07, 6.45) is 0.756. The molecular formula is C33H27N5O11S. The maximum Gasteiger partial charge on any atom is 0.412 e. The van der Waals surface area contributed by atoms with Gasteiger partial charge in [0.05, 0.1) is 12.0 Å². The zero-order valence-electron chi connectivity index (χ0n) is 26.2. The molecule has 7 rings (SSSR count).